The first kappa shape index (κ1) is 7.48. The number of nitrogens with one attached hydrogen (secondary N) is 2. The maximum absolute atomic E-state index is 7.45. The Labute approximate surface area is 61.8 Å². The molecule has 0 aromatic heterocycles. The quantitative estimate of drug-likeness (QED) is 0.561. The van der Waals surface area contributed by atoms with Gasteiger partial charge in [0.1, 0.15) is 0 Å². The van der Waals surface area contributed by atoms with Crippen molar-refractivity contribution in [3.05, 3.63) is 12.2 Å². The van der Waals surface area contributed by atoms with Crippen molar-refractivity contribution in [1.29, 1.82) is 5.41 Å². The fourth-order valence-electron chi connectivity index (χ4n) is 1.18. The lowest BCUT2D eigenvalue weighted by molar-refractivity contribution is 0.543. The van der Waals surface area contributed by atoms with E-state index in [4.69, 9.17) is 5.41 Å². The highest BCUT2D eigenvalue weighted by atomic mass is 14.9. The molecular weight excluding hydrogens is 124 g/mol. The molecule has 1 aliphatic carbocycles. The van der Waals surface area contributed by atoms with Gasteiger partial charge < -0.3 is 10.7 Å². The van der Waals surface area contributed by atoms with Crippen molar-refractivity contribution >= 4 is 5.71 Å². The van der Waals surface area contributed by atoms with Crippen LogP contribution >= 0.6 is 0 Å². The van der Waals surface area contributed by atoms with E-state index in [2.05, 4.69) is 18.3 Å². The summed E-state index contributed by atoms with van der Waals surface area (Å²) in [7, 11) is 1.96. The molecular formula is C8H14N2. The van der Waals surface area contributed by atoms with Gasteiger partial charge in [-0.2, -0.15) is 0 Å². The van der Waals surface area contributed by atoms with Gasteiger partial charge in [-0.15, -0.1) is 0 Å². The van der Waals surface area contributed by atoms with Gasteiger partial charge in [0.05, 0.1) is 0 Å². The van der Waals surface area contributed by atoms with Crippen molar-refractivity contribution in [2.75, 3.05) is 7.05 Å². The summed E-state index contributed by atoms with van der Waals surface area (Å²) in [5.74, 6) is 0.419. The van der Waals surface area contributed by atoms with Crippen LogP contribution in [0.2, 0.25) is 0 Å². The average molecular weight is 138 g/mol. The minimum Gasteiger partial charge on any atom is -0.314 e. The summed E-state index contributed by atoms with van der Waals surface area (Å²) in [6.07, 6.45) is 5.02. The molecule has 0 aromatic carbocycles. The lowest BCUT2D eigenvalue weighted by Crippen LogP contribution is -2.30. The zero-order valence-corrected chi connectivity index (χ0v) is 6.52. The lowest BCUT2D eigenvalue weighted by Gasteiger charge is -2.21. The first-order valence-electron chi connectivity index (χ1n) is 3.68. The maximum Gasteiger partial charge on any atom is 0.0340 e. The third kappa shape index (κ3) is 1.45. The largest absolute Gasteiger partial charge is 0.314 e. The van der Waals surface area contributed by atoms with Crippen LogP contribution in [0.15, 0.2) is 12.2 Å². The molecule has 1 unspecified atom stereocenters. The Morgan fingerprint density at radius 2 is 2.40 bits per heavy atom. The van der Waals surface area contributed by atoms with E-state index >= 15 is 0 Å². The molecule has 0 aromatic rings. The standard InChI is InChI=1S/C8H14N2/c1-6-5-7(10-2)3-4-8(6)9/h3-4,6-7,9-10H,5H2,1-2H3/t6?,7-/m0/s1. The van der Waals surface area contributed by atoms with Gasteiger partial charge in [0.15, 0.2) is 0 Å². The van der Waals surface area contributed by atoms with Gasteiger partial charge in [0.25, 0.3) is 0 Å². The highest BCUT2D eigenvalue weighted by Crippen LogP contribution is 2.14. The van der Waals surface area contributed by atoms with Crippen LogP contribution < -0.4 is 5.32 Å². The summed E-state index contributed by atoms with van der Waals surface area (Å²) in [6.45, 7) is 2.09. The van der Waals surface area contributed by atoms with Crippen molar-refractivity contribution in [3.63, 3.8) is 0 Å². The second-order valence-electron chi connectivity index (χ2n) is 2.85. The van der Waals surface area contributed by atoms with E-state index < -0.39 is 0 Å². The number of hydrogen-bond acceptors (Lipinski definition) is 2. The summed E-state index contributed by atoms with van der Waals surface area (Å²) in [4.78, 5) is 0. The van der Waals surface area contributed by atoms with Crippen LogP contribution in [0.25, 0.3) is 0 Å². The molecule has 0 aliphatic heterocycles. The van der Waals surface area contributed by atoms with Crippen LogP contribution in [0.5, 0.6) is 0 Å². The van der Waals surface area contributed by atoms with Crippen LogP contribution in [0.3, 0.4) is 0 Å². The third-order valence-electron chi connectivity index (χ3n) is 2.02. The van der Waals surface area contributed by atoms with Gasteiger partial charge in [0, 0.05) is 11.8 Å². The van der Waals surface area contributed by atoms with Crippen molar-refractivity contribution in [1.82, 2.24) is 5.32 Å². The second kappa shape index (κ2) is 2.97. The van der Waals surface area contributed by atoms with E-state index in [1.54, 1.807) is 0 Å². The van der Waals surface area contributed by atoms with Crippen molar-refractivity contribution in [2.45, 2.75) is 19.4 Å². The molecule has 2 atom stereocenters. The predicted octanol–water partition coefficient (Wildman–Crippen LogP) is 1.19. The van der Waals surface area contributed by atoms with Crippen LogP contribution in [-0.4, -0.2) is 18.8 Å². The van der Waals surface area contributed by atoms with E-state index in [0.29, 0.717) is 12.0 Å². The van der Waals surface area contributed by atoms with Gasteiger partial charge in [-0.1, -0.05) is 13.0 Å². The molecule has 0 amide bonds. The molecule has 0 saturated heterocycles. The zero-order valence-electron chi connectivity index (χ0n) is 6.52. The Balaban J connectivity index is 2.59. The Hall–Kier alpha value is -0.630. The molecule has 0 bridgehead atoms. The summed E-state index contributed by atoms with van der Waals surface area (Å²) >= 11 is 0. The van der Waals surface area contributed by atoms with Crippen molar-refractivity contribution in [2.24, 2.45) is 5.92 Å². The summed E-state index contributed by atoms with van der Waals surface area (Å²) < 4.78 is 0. The molecule has 0 saturated carbocycles. The number of likely N-dealkylation sites (N-methyl/N-ethyl adjacent to an activating group) is 1. The highest BCUT2D eigenvalue weighted by molar-refractivity contribution is 5.94. The number of hydrogen-bond donors (Lipinski definition) is 2. The maximum atomic E-state index is 7.45. The summed E-state index contributed by atoms with van der Waals surface area (Å²) in [5.41, 5.74) is 0.756. The van der Waals surface area contributed by atoms with E-state index in [-0.39, 0.29) is 0 Å². The Morgan fingerprint density at radius 3 is 2.90 bits per heavy atom. The monoisotopic (exact) mass is 138 g/mol. The summed E-state index contributed by atoms with van der Waals surface area (Å²) in [6, 6.07) is 0.476. The fraction of sp³-hybridized carbons (Fsp3) is 0.625. The first-order valence-corrected chi connectivity index (χ1v) is 3.68. The molecule has 2 nitrogen and oxygen atoms in total. The predicted molar refractivity (Wildman–Crippen MR) is 43.5 cm³/mol. The van der Waals surface area contributed by atoms with Crippen LogP contribution in [-0.2, 0) is 0 Å². The molecule has 2 heteroatoms. The molecule has 56 valence electrons. The zero-order chi connectivity index (χ0) is 7.56. The molecule has 0 fully saturated rings. The van der Waals surface area contributed by atoms with Gasteiger partial charge in [-0.3, -0.25) is 0 Å². The number of allylic oxidation sites excluding steroid dienone is 1. The van der Waals surface area contributed by atoms with E-state index in [1.807, 2.05) is 13.1 Å². The average Bonchev–Trinajstić information content (AvgIpc) is 1.95. The first-order chi connectivity index (χ1) is 4.74. The molecule has 10 heavy (non-hydrogen) atoms. The van der Waals surface area contributed by atoms with E-state index in [1.165, 1.54) is 0 Å². The van der Waals surface area contributed by atoms with Gasteiger partial charge in [0.2, 0.25) is 0 Å². The van der Waals surface area contributed by atoms with Gasteiger partial charge >= 0.3 is 0 Å². The Morgan fingerprint density at radius 1 is 1.70 bits per heavy atom. The minimum atomic E-state index is 0.419. The van der Waals surface area contributed by atoms with Crippen molar-refractivity contribution in [3.8, 4) is 0 Å². The second-order valence-corrected chi connectivity index (χ2v) is 2.85. The van der Waals surface area contributed by atoms with Gasteiger partial charge in [-0.25, -0.2) is 0 Å². The molecule has 0 heterocycles. The van der Waals surface area contributed by atoms with Crippen LogP contribution in [0, 0.1) is 11.3 Å². The fourth-order valence-corrected chi connectivity index (χ4v) is 1.18. The van der Waals surface area contributed by atoms with E-state index in [9.17, 15) is 0 Å². The van der Waals surface area contributed by atoms with E-state index in [0.717, 1.165) is 12.1 Å². The highest BCUT2D eigenvalue weighted by Gasteiger charge is 2.15. The third-order valence-corrected chi connectivity index (χ3v) is 2.02. The summed E-state index contributed by atoms with van der Waals surface area (Å²) in [5, 5.41) is 10.6. The molecule has 0 spiro atoms. The molecule has 1 rings (SSSR count). The minimum absolute atomic E-state index is 0.419. The lowest BCUT2D eigenvalue weighted by atomic mass is 9.91. The molecule has 1 aliphatic rings. The normalized spacial score (nSPS) is 32.8. The van der Waals surface area contributed by atoms with Crippen molar-refractivity contribution < 1.29 is 0 Å². The molecule has 2 N–H and O–H groups in total. The topological polar surface area (TPSA) is 35.9 Å². The van der Waals surface area contributed by atoms with Crippen LogP contribution in [0.4, 0.5) is 0 Å². The SMILES string of the molecule is CN[C@H]1C=CC(=N)C(C)C1. The number of rotatable bonds is 1. The van der Waals surface area contributed by atoms with Gasteiger partial charge in [-0.05, 0) is 25.5 Å². The Bertz CT molecular complexity index is 161. The molecule has 0 radical (unpaired) electrons. The smallest absolute Gasteiger partial charge is 0.0340 e. The Kier molecular flexibility index (Phi) is 2.22. The van der Waals surface area contributed by atoms with Crippen LogP contribution in [0.1, 0.15) is 13.3 Å².